The van der Waals surface area contributed by atoms with Gasteiger partial charge in [0.2, 0.25) is 0 Å². The molecule has 3 aromatic carbocycles. The summed E-state index contributed by atoms with van der Waals surface area (Å²) in [5.74, 6) is -1.07. The van der Waals surface area contributed by atoms with Crippen LogP contribution in [0, 0.1) is 5.82 Å². The summed E-state index contributed by atoms with van der Waals surface area (Å²) in [5.41, 5.74) is 7.47. The van der Waals surface area contributed by atoms with Crippen LogP contribution in [0.25, 0.3) is 22.2 Å². The zero-order valence-electron chi connectivity index (χ0n) is 20.6. The lowest BCUT2D eigenvalue weighted by Crippen LogP contribution is -2.24. The fraction of sp³-hybridized carbons (Fsp3) is 0.290. The van der Waals surface area contributed by atoms with E-state index in [0.717, 1.165) is 65.0 Å². The molecule has 0 fully saturated rings. The first-order valence-electron chi connectivity index (χ1n) is 12.9. The molecule has 1 aromatic heterocycles. The van der Waals surface area contributed by atoms with Crippen molar-refractivity contribution >= 4 is 28.5 Å². The third-order valence-corrected chi connectivity index (χ3v) is 7.37. The number of carboxylic acid groups (broad SMARTS) is 1. The second-order valence-electron chi connectivity index (χ2n) is 9.80. The summed E-state index contributed by atoms with van der Waals surface area (Å²) in [4.78, 5) is 15.9. The molecule has 1 heterocycles. The van der Waals surface area contributed by atoms with Gasteiger partial charge in [-0.05, 0) is 115 Å². The maximum Gasteiger partial charge on any atom is 0.303 e. The van der Waals surface area contributed by atoms with Crippen LogP contribution in [0.2, 0.25) is 5.02 Å². The number of pyridine rings is 1. The molecule has 0 unspecified atom stereocenters. The van der Waals surface area contributed by atoms with Gasteiger partial charge in [0.05, 0.1) is 11.2 Å². The molecule has 0 radical (unpaired) electrons. The minimum absolute atomic E-state index is 0.152. The second kappa shape index (κ2) is 11.4. The summed E-state index contributed by atoms with van der Waals surface area (Å²) >= 11 is 6.21. The van der Waals surface area contributed by atoms with Crippen LogP contribution in [-0.4, -0.2) is 16.1 Å². The summed E-state index contributed by atoms with van der Waals surface area (Å²) < 4.78 is 13.5. The molecule has 37 heavy (non-hydrogen) atoms. The van der Waals surface area contributed by atoms with Crippen molar-refractivity contribution in [1.29, 1.82) is 0 Å². The van der Waals surface area contributed by atoms with Gasteiger partial charge in [-0.1, -0.05) is 23.7 Å². The maximum atomic E-state index is 13.5. The number of nitrogens with one attached hydrogen (secondary N) is 1. The van der Waals surface area contributed by atoms with Crippen LogP contribution >= 0.6 is 11.6 Å². The van der Waals surface area contributed by atoms with Crippen molar-refractivity contribution in [2.24, 2.45) is 0 Å². The van der Waals surface area contributed by atoms with Crippen molar-refractivity contribution in [2.75, 3.05) is 0 Å². The smallest absolute Gasteiger partial charge is 0.303 e. The second-order valence-corrected chi connectivity index (χ2v) is 10.2. The Morgan fingerprint density at radius 3 is 2.70 bits per heavy atom. The Labute approximate surface area is 221 Å². The third kappa shape index (κ3) is 6.17. The first-order chi connectivity index (χ1) is 18.0. The minimum atomic E-state index is -0.781. The summed E-state index contributed by atoms with van der Waals surface area (Å²) in [6.45, 7) is 0.746. The van der Waals surface area contributed by atoms with Gasteiger partial charge in [0.15, 0.2) is 0 Å². The van der Waals surface area contributed by atoms with Gasteiger partial charge in [0.25, 0.3) is 0 Å². The third-order valence-electron chi connectivity index (χ3n) is 7.13. The van der Waals surface area contributed by atoms with Crippen LogP contribution in [0.1, 0.15) is 60.4 Å². The van der Waals surface area contributed by atoms with E-state index in [1.165, 1.54) is 28.8 Å². The van der Waals surface area contributed by atoms with Crippen molar-refractivity contribution < 1.29 is 14.3 Å². The van der Waals surface area contributed by atoms with Crippen molar-refractivity contribution in [3.8, 4) is 11.3 Å². The fourth-order valence-corrected chi connectivity index (χ4v) is 5.45. The topological polar surface area (TPSA) is 62.2 Å². The van der Waals surface area contributed by atoms with Gasteiger partial charge in [0, 0.05) is 35.0 Å². The Bertz CT molecular complexity index is 1420. The van der Waals surface area contributed by atoms with E-state index in [0.29, 0.717) is 18.9 Å². The lowest BCUT2D eigenvalue weighted by atomic mass is 9.87. The fourth-order valence-electron chi connectivity index (χ4n) is 5.26. The molecule has 0 saturated carbocycles. The molecule has 2 N–H and O–H groups in total. The molecule has 0 bridgehead atoms. The van der Waals surface area contributed by atoms with E-state index in [9.17, 15) is 9.18 Å². The van der Waals surface area contributed by atoms with E-state index < -0.39 is 5.97 Å². The molecule has 4 aromatic rings. The number of hydrogen-bond acceptors (Lipinski definition) is 3. The van der Waals surface area contributed by atoms with Gasteiger partial charge in [-0.25, -0.2) is 9.37 Å². The first-order valence-corrected chi connectivity index (χ1v) is 13.3. The molecule has 0 saturated heterocycles. The quantitative estimate of drug-likeness (QED) is 0.224. The normalized spacial score (nSPS) is 15.0. The van der Waals surface area contributed by atoms with Crippen LogP contribution in [0.15, 0.2) is 66.7 Å². The molecular weight excluding hydrogens is 487 g/mol. The average molecular weight is 517 g/mol. The number of nitrogens with zero attached hydrogens (tertiary/aromatic N) is 1. The highest BCUT2D eigenvalue weighted by atomic mass is 35.5. The van der Waals surface area contributed by atoms with Gasteiger partial charge in [0.1, 0.15) is 5.82 Å². The zero-order valence-corrected chi connectivity index (χ0v) is 21.4. The van der Waals surface area contributed by atoms with Gasteiger partial charge in [-0.15, -0.1) is 0 Å². The Morgan fingerprint density at radius 1 is 1.05 bits per heavy atom. The monoisotopic (exact) mass is 516 g/mol. The molecule has 4 nitrogen and oxygen atoms in total. The largest absolute Gasteiger partial charge is 0.481 e. The summed E-state index contributed by atoms with van der Waals surface area (Å²) in [5, 5.41) is 14.6. The Morgan fingerprint density at radius 2 is 1.89 bits per heavy atom. The molecule has 190 valence electrons. The number of rotatable bonds is 9. The lowest BCUT2D eigenvalue weighted by Gasteiger charge is -2.27. The molecule has 0 spiro atoms. The van der Waals surface area contributed by atoms with Crippen molar-refractivity contribution in [2.45, 2.75) is 57.5 Å². The summed E-state index contributed by atoms with van der Waals surface area (Å²) in [6, 6.07) is 21.4. The highest BCUT2D eigenvalue weighted by molar-refractivity contribution is 6.30. The number of aliphatic carboxylic acids is 1. The molecule has 0 amide bonds. The number of unbranched alkanes of at least 4 members (excludes halogenated alkanes) is 1. The van der Waals surface area contributed by atoms with E-state index in [1.54, 1.807) is 12.1 Å². The highest BCUT2D eigenvalue weighted by Gasteiger charge is 2.20. The van der Waals surface area contributed by atoms with Crippen LogP contribution in [0.4, 0.5) is 4.39 Å². The first kappa shape index (κ1) is 25.4. The number of halogens is 2. The van der Waals surface area contributed by atoms with Crippen LogP contribution in [-0.2, 0) is 24.2 Å². The van der Waals surface area contributed by atoms with E-state index in [-0.39, 0.29) is 12.2 Å². The van der Waals surface area contributed by atoms with Crippen LogP contribution in [0.3, 0.4) is 0 Å². The number of fused-ring (bicyclic) bond motifs is 2. The minimum Gasteiger partial charge on any atom is -0.481 e. The van der Waals surface area contributed by atoms with Crippen molar-refractivity contribution in [1.82, 2.24) is 10.3 Å². The number of aromatic nitrogens is 1. The Hall–Kier alpha value is -3.28. The Kier molecular flexibility index (Phi) is 7.82. The van der Waals surface area contributed by atoms with Gasteiger partial charge in [-0.2, -0.15) is 0 Å². The standard InChI is InChI=1S/C31H30ClFN2O2/c32-25-11-14-27-22(18-25)5-3-6-29(27)34-19-20-8-15-28-24(16-20)17-23(4-1-2-7-30(36)37)31(35-28)21-9-12-26(33)13-10-21/h8-18,29,34H,1-7,19H2,(H,36,37)/t29-/m1/s1. The zero-order chi connectivity index (χ0) is 25.8. The van der Waals surface area contributed by atoms with E-state index in [2.05, 4.69) is 35.6 Å². The number of carboxylic acids is 1. The average Bonchev–Trinajstić information content (AvgIpc) is 2.89. The summed E-state index contributed by atoms with van der Waals surface area (Å²) in [6.07, 6.45) is 5.54. The molecule has 5 rings (SSSR count). The molecule has 1 atom stereocenters. The number of benzene rings is 3. The molecular formula is C31H30ClFN2O2. The maximum absolute atomic E-state index is 13.5. The van der Waals surface area contributed by atoms with E-state index >= 15 is 0 Å². The number of aryl methyl sites for hydroxylation is 2. The Balaban J connectivity index is 1.39. The number of carbonyl (C=O) groups is 1. The summed E-state index contributed by atoms with van der Waals surface area (Å²) in [7, 11) is 0. The van der Waals surface area contributed by atoms with E-state index in [4.69, 9.17) is 21.7 Å². The predicted molar refractivity (Wildman–Crippen MR) is 146 cm³/mol. The molecule has 0 aliphatic heterocycles. The van der Waals surface area contributed by atoms with Crippen molar-refractivity contribution in [3.63, 3.8) is 0 Å². The van der Waals surface area contributed by atoms with Crippen LogP contribution in [0.5, 0.6) is 0 Å². The molecule has 1 aliphatic carbocycles. The van der Waals surface area contributed by atoms with Gasteiger partial charge < -0.3 is 10.4 Å². The molecule has 1 aliphatic rings. The predicted octanol–water partition coefficient (Wildman–Crippen LogP) is 7.66. The number of hydrogen-bond donors (Lipinski definition) is 2. The SMILES string of the molecule is O=C(O)CCCCc1cc2cc(CN[C@@H]3CCCc4cc(Cl)ccc43)ccc2nc1-c1ccc(F)cc1. The highest BCUT2D eigenvalue weighted by Crippen LogP contribution is 2.32. The molecule has 6 heteroatoms. The lowest BCUT2D eigenvalue weighted by molar-refractivity contribution is -0.137. The van der Waals surface area contributed by atoms with Crippen LogP contribution < -0.4 is 5.32 Å². The van der Waals surface area contributed by atoms with E-state index in [1.807, 2.05) is 12.1 Å². The van der Waals surface area contributed by atoms with Gasteiger partial charge >= 0.3 is 5.97 Å². The van der Waals surface area contributed by atoms with Crippen molar-refractivity contribution in [3.05, 3.63) is 99.8 Å². The van der Waals surface area contributed by atoms with Gasteiger partial charge in [-0.3, -0.25) is 4.79 Å².